The Morgan fingerprint density at radius 1 is 1.11 bits per heavy atom. The van der Waals surface area contributed by atoms with Crippen LogP contribution in [0.5, 0.6) is 5.75 Å². The largest absolute Gasteiger partial charge is 0.489 e. The van der Waals surface area contributed by atoms with Gasteiger partial charge in [-0.2, -0.15) is 0 Å². The smallest absolute Gasteiger partial charge is 0.137 e. The molecule has 0 aliphatic heterocycles. The molecule has 94 valence electrons. The third-order valence-corrected chi connectivity index (χ3v) is 3.51. The van der Waals surface area contributed by atoms with Crippen molar-refractivity contribution in [2.24, 2.45) is 0 Å². The molecule has 0 heterocycles. The highest BCUT2D eigenvalue weighted by Crippen LogP contribution is 2.23. The van der Waals surface area contributed by atoms with Gasteiger partial charge in [-0.1, -0.05) is 18.2 Å². The molecule has 0 amide bonds. The van der Waals surface area contributed by atoms with Gasteiger partial charge in [0.15, 0.2) is 0 Å². The van der Waals surface area contributed by atoms with Crippen LogP contribution in [0, 0.1) is 19.7 Å². The standard InChI is InChI=1S/C15H14BrFO/c1-10-6-11(2)8-13(7-10)18-9-12-4-3-5-14(17)15(12)16/h3-8H,9H2,1-2H3. The second-order valence-electron chi connectivity index (χ2n) is 4.33. The highest BCUT2D eigenvalue weighted by Gasteiger charge is 2.06. The van der Waals surface area contributed by atoms with Crippen LogP contribution in [0.2, 0.25) is 0 Å². The predicted molar refractivity (Wildman–Crippen MR) is 74.3 cm³/mol. The van der Waals surface area contributed by atoms with Crippen molar-refractivity contribution < 1.29 is 9.13 Å². The van der Waals surface area contributed by atoms with E-state index in [-0.39, 0.29) is 5.82 Å². The molecule has 2 rings (SSSR count). The lowest BCUT2D eigenvalue weighted by atomic mass is 10.1. The van der Waals surface area contributed by atoms with Gasteiger partial charge in [0, 0.05) is 5.56 Å². The zero-order chi connectivity index (χ0) is 13.1. The maximum absolute atomic E-state index is 13.3. The monoisotopic (exact) mass is 308 g/mol. The predicted octanol–water partition coefficient (Wildman–Crippen LogP) is 4.78. The fourth-order valence-electron chi connectivity index (χ4n) is 1.84. The molecule has 1 nitrogen and oxygen atoms in total. The molecule has 0 bridgehead atoms. The lowest BCUT2D eigenvalue weighted by Crippen LogP contribution is -1.98. The first-order valence-electron chi connectivity index (χ1n) is 5.70. The quantitative estimate of drug-likeness (QED) is 0.792. The molecule has 3 heteroatoms. The fourth-order valence-corrected chi connectivity index (χ4v) is 2.22. The molecule has 0 fully saturated rings. The van der Waals surface area contributed by atoms with Crippen LogP contribution in [-0.4, -0.2) is 0 Å². The van der Waals surface area contributed by atoms with E-state index in [0.717, 1.165) is 22.4 Å². The van der Waals surface area contributed by atoms with E-state index in [0.29, 0.717) is 11.1 Å². The van der Waals surface area contributed by atoms with Crippen molar-refractivity contribution in [1.29, 1.82) is 0 Å². The van der Waals surface area contributed by atoms with Gasteiger partial charge in [-0.25, -0.2) is 4.39 Å². The first-order valence-corrected chi connectivity index (χ1v) is 6.49. The summed E-state index contributed by atoms with van der Waals surface area (Å²) in [6.07, 6.45) is 0. The van der Waals surface area contributed by atoms with Crippen LogP contribution in [-0.2, 0) is 6.61 Å². The lowest BCUT2D eigenvalue weighted by Gasteiger charge is -2.10. The lowest BCUT2D eigenvalue weighted by molar-refractivity contribution is 0.304. The van der Waals surface area contributed by atoms with Gasteiger partial charge in [-0.15, -0.1) is 0 Å². The normalized spacial score (nSPS) is 10.4. The maximum atomic E-state index is 13.3. The van der Waals surface area contributed by atoms with E-state index in [1.54, 1.807) is 6.07 Å². The summed E-state index contributed by atoms with van der Waals surface area (Å²) in [6, 6.07) is 11.0. The van der Waals surface area contributed by atoms with Gasteiger partial charge in [0.25, 0.3) is 0 Å². The fraction of sp³-hybridized carbons (Fsp3) is 0.200. The molecule has 0 aromatic heterocycles. The van der Waals surface area contributed by atoms with Crippen molar-refractivity contribution >= 4 is 15.9 Å². The van der Waals surface area contributed by atoms with Crippen molar-refractivity contribution in [2.45, 2.75) is 20.5 Å². The molecule has 0 N–H and O–H groups in total. The molecular weight excluding hydrogens is 295 g/mol. The molecule has 0 aliphatic rings. The molecule has 0 radical (unpaired) electrons. The van der Waals surface area contributed by atoms with E-state index in [9.17, 15) is 4.39 Å². The third-order valence-electron chi connectivity index (χ3n) is 2.62. The molecule has 0 unspecified atom stereocenters. The summed E-state index contributed by atoms with van der Waals surface area (Å²) < 4.78 is 19.5. The average Bonchev–Trinajstić information content (AvgIpc) is 2.30. The number of rotatable bonds is 3. The van der Waals surface area contributed by atoms with Crippen molar-refractivity contribution in [3.8, 4) is 5.75 Å². The Kier molecular flexibility index (Phi) is 4.02. The number of hydrogen-bond donors (Lipinski definition) is 0. The Morgan fingerprint density at radius 2 is 1.78 bits per heavy atom. The van der Waals surface area contributed by atoms with Gasteiger partial charge < -0.3 is 4.74 Å². The van der Waals surface area contributed by atoms with E-state index < -0.39 is 0 Å². The van der Waals surface area contributed by atoms with E-state index in [1.165, 1.54) is 6.07 Å². The second-order valence-corrected chi connectivity index (χ2v) is 5.12. The first kappa shape index (κ1) is 13.1. The first-order chi connectivity index (χ1) is 8.56. The summed E-state index contributed by atoms with van der Waals surface area (Å²) in [7, 11) is 0. The maximum Gasteiger partial charge on any atom is 0.137 e. The van der Waals surface area contributed by atoms with Crippen molar-refractivity contribution in [3.05, 3.63) is 63.4 Å². The Labute approximate surface area is 115 Å². The summed E-state index contributed by atoms with van der Waals surface area (Å²) >= 11 is 3.23. The van der Waals surface area contributed by atoms with Gasteiger partial charge in [0.05, 0.1) is 4.47 Å². The highest BCUT2D eigenvalue weighted by atomic mass is 79.9. The summed E-state index contributed by atoms with van der Waals surface area (Å²) in [5.74, 6) is 0.542. The number of benzene rings is 2. The Bertz CT molecular complexity index is 546. The van der Waals surface area contributed by atoms with Gasteiger partial charge in [0.2, 0.25) is 0 Å². The highest BCUT2D eigenvalue weighted by molar-refractivity contribution is 9.10. The molecule has 0 saturated heterocycles. The van der Waals surface area contributed by atoms with E-state index in [4.69, 9.17) is 4.74 Å². The second kappa shape index (κ2) is 5.53. The van der Waals surface area contributed by atoms with Gasteiger partial charge in [0.1, 0.15) is 18.2 Å². The minimum absolute atomic E-state index is 0.267. The van der Waals surface area contributed by atoms with Crippen LogP contribution < -0.4 is 4.74 Å². The van der Waals surface area contributed by atoms with Gasteiger partial charge >= 0.3 is 0 Å². The van der Waals surface area contributed by atoms with Crippen molar-refractivity contribution in [2.75, 3.05) is 0 Å². The SMILES string of the molecule is Cc1cc(C)cc(OCc2cccc(F)c2Br)c1. The average molecular weight is 309 g/mol. The molecule has 0 atom stereocenters. The molecule has 18 heavy (non-hydrogen) atoms. The zero-order valence-electron chi connectivity index (χ0n) is 10.3. The molecular formula is C15H14BrFO. The molecule has 0 saturated carbocycles. The minimum atomic E-state index is -0.267. The summed E-state index contributed by atoms with van der Waals surface area (Å²) in [4.78, 5) is 0. The summed E-state index contributed by atoms with van der Waals surface area (Å²) in [5.41, 5.74) is 3.11. The Morgan fingerprint density at radius 3 is 2.44 bits per heavy atom. The molecule has 2 aromatic rings. The van der Waals surface area contributed by atoms with Crippen molar-refractivity contribution in [1.82, 2.24) is 0 Å². The minimum Gasteiger partial charge on any atom is -0.489 e. The molecule has 2 aromatic carbocycles. The van der Waals surface area contributed by atoms with Crippen LogP contribution in [0.25, 0.3) is 0 Å². The summed E-state index contributed by atoms with van der Waals surface area (Å²) in [6.45, 7) is 4.40. The van der Waals surface area contributed by atoms with E-state index in [1.807, 2.05) is 32.0 Å². The van der Waals surface area contributed by atoms with Crippen LogP contribution in [0.4, 0.5) is 4.39 Å². The van der Waals surface area contributed by atoms with E-state index >= 15 is 0 Å². The van der Waals surface area contributed by atoms with Crippen LogP contribution in [0.1, 0.15) is 16.7 Å². The van der Waals surface area contributed by atoms with Crippen molar-refractivity contribution in [3.63, 3.8) is 0 Å². The Hall–Kier alpha value is -1.35. The van der Waals surface area contributed by atoms with Crippen LogP contribution in [0.3, 0.4) is 0 Å². The molecule has 0 spiro atoms. The topological polar surface area (TPSA) is 9.23 Å². The van der Waals surface area contributed by atoms with E-state index in [2.05, 4.69) is 22.0 Å². The van der Waals surface area contributed by atoms with Gasteiger partial charge in [-0.05, 0) is 59.1 Å². The number of halogens is 2. The number of aryl methyl sites for hydroxylation is 2. The Balaban J connectivity index is 2.14. The number of ether oxygens (including phenoxy) is 1. The van der Waals surface area contributed by atoms with Crippen LogP contribution >= 0.6 is 15.9 Å². The third kappa shape index (κ3) is 3.10. The number of hydrogen-bond acceptors (Lipinski definition) is 1. The summed E-state index contributed by atoms with van der Waals surface area (Å²) in [5, 5.41) is 0. The van der Waals surface area contributed by atoms with Crippen LogP contribution in [0.15, 0.2) is 40.9 Å². The van der Waals surface area contributed by atoms with Gasteiger partial charge in [-0.3, -0.25) is 0 Å². The molecule has 0 aliphatic carbocycles. The zero-order valence-corrected chi connectivity index (χ0v) is 11.9.